The third kappa shape index (κ3) is 4.65. The number of aromatic nitrogens is 2. The van der Waals surface area contributed by atoms with E-state index in [2.05, 4.69) is 10.00 Å². The van der Waals surface area contributed by atoms with Crippen molar-refractivity contribution < 1.29 is 9.72 Å². The van der Waals surface area contributed by atoms with Crippen LogP contribution in [-0.4, -0.2) is 51.7 Å². The molecular weight excluding hydrogens is 501 g/mol. The van der Waals surface area contributed by atoms with E-state index in [0.29, 0.717) is 58.9 Å². The number of nitrogens with zero attached hydrogens (tertiary/aromatic N) is 5. The van der Waals surface area contributed by atoms with Crippen LogP contribution >= 0.6 is 23.2 Å². The molecule has 0 saturated carbocycles. The minimum atomic E-state index is -0.475. The van der Waals surface area contributed by atoms with Crippen LogP contribution in [0.15, 0.2) is 78.9 Å². The molecule has 1 aliphatic heterocycles. The Bertz CT molecular complexity index is 1450. The van der Waals surface area contributed by atoms with E-state index < -0.39 is 4.92 Å². The standard InChI is InChI=1S/C26H21Cl2N5O3/c27-21-9-2-1-8-20(21)23-17-25(32(29-23)18-6-5-7-19(16-18)33(35)36)26(34)31-14-12-30(13-15-31)24-11-4-3-10-22(24)28/h1-11,16-17H,12-15H2. The fourth-order valence-electron chi connectivity index (χ4n) is 4.29. The number of hydrogen-bond donors (Lipinski definition) is 0. The average Bonchev–Trinajstić information content (AvgIpc) is 3.34. The molecule has 0 bridgehead atoms. The molecule has 4 aromatic rings. The van der Waals surface area contributed by atoms with Crippen LogP contribution < -0.4 is 4.90 Å². The fourth-order valence-corrected chi connectivity index (χ4v) is 4.78. The number of nitro benzene ring substituents is 1. The highest BCUT2D eigenvalue weighted by molar-refractivity contribution is 6.33. The number of amides is 1. The second-order valence-corrected chi connectivity index (χ2v) is 9.13. The van der Waals surface area contributed by atoms with Gasteiger partial charge in [0, 0.05) is 43.9 Å². The molecule has 0 radical (unpaired) electrons. The Balaban J connectivity index is 1.48. The Labute approximate surface area is 217 Å². The maximum atomic E-state index is 13.7. The summed E-state index contributed by atoms with van der Waals surface area (Å²) in [5.74, 6) is -0.217. The third-order valence-electron chi connectivity index (χ3n) is 6.12. The van der Waals surface area contributed by atoms with Gasteiger partial charge in [0.1, 0.15) is 5.69 Å². The lowest BCUT2D eigenvalue weighted by Crippen LogP contribution is -2.49. The maximum Gasteiger partial charge on any atom is 0.272 e. The van der Waals surface area contributed by atoms with Crippen LogP contribution in [0.2, 0.25) is 10.0 Å². The van der Waals surface area contributed by atoms with E-state index in [1.165, 1.54) is 16.8 Å². The molecule has 1 amide bonds. The van der Waals surface area contributed by atoms with Crippen LogP contribution in [0.3, 0.4) is 0 Å². The second-order valence-electron chi connectivity index (χ2n) is 8.31. The van der Waals surface area contributed by atoms with Gasteiger partial charge in [-0.25, -0.2) is 4.68 Å². The molecule has 0 N–H and O–H groups in total. The van der Waals surface area contributed by atoms with Crippen molar-refractivity contribution in [3.63, 3.8) is 0 Å². The molecule has 1 saturated heterocycles. The highest BCUT2D eigenvalue weighted by Gasteiger charge is 2.27. The Hall–Kier alpha value is -3.88. The molecule has 0 spiro atoms. The molecule has 5 rings (SSSR count). The lowest BCUT2D eigenvalue weighted by atomic mass is 10.1. The number of anilines is 1. The van der Waals surface area contributed by atoms with E-state index in [-0.39, 0.29) is 11.6 Å². The van der Waals surface area contributed by atoms with Crippen molar-refractivity contribution in [2.24, 2.45) is 0 Å². The van der Waals surface area contributed by atoms with Gasteiger partial charge in [-0.15, -0.1) is 0 Å². The monoisotopic (exact) mass is 521 g/mol. The van der Waals surface area contributed by atoms with Crippen molar-refractivity contribution in [3.05, 3.63) is 105 Å². The van der Waals surface area contributed by atoms with Gasteiger partial charge in [0.2, 0.25) is 0 Å². The topological polar surface area (TPSA) is 84.5 Å². The number of nitro groups is 1. The summed E-state index contributed by atoms with van der Waals surface area (Å²) in [7, 11) is 0. The summed E-state index contributed by atoms with van der Waals surface area (Å²) < 4.78 is 1.45. The molecule has 182 valence electrons. The number of benzene rings is 3. The summed E-state index contributed by atoms with van der Waals surface area (Å²) in [6.45, 7) is 2.23. The molecule has 36 heavy (non-hydrogen) atoms. The number of rotatable bonds is 5. The zero-order valence-corrected chi connectivity index (χ0v) is 20.6. The van der Waals surface area contributed by atoms with Crippen LogP contribution in [-0.2, 0) is 0 Å². The van der Waals surface area contributed by atoms with E-state index >= 15 is 0 Å². The van der Waals surface area contributed by atoms with E-state index in [4.69, 9.17) is 23.2 Å². The molecule has 10 heteroatoms. The third-order valence-corrected chi connectivity index (χ3v) is 6.77. The first-order chi connectivity index (χ1) is 17.4. The van der Waals surface area contributed by atoms with Gasteiger partial charge in [-0.2, -0.15) is 5.10 Å². The summed E-state index contributed by atoms with van der Waals surface area (Å²) in [4.78, 5) is 28.5. The number of carbonyl (C=O) groups excluding carboxylic acids is 1. The number of carbonyl (C=O) groups is 1. The van der Waals surface area contributed by atoms with Crippen molar-refractivity contribution in [2.45, 2.75) is 0 Å². The molecule has 1 fully saturated rings. The summed E-state index contributed by atoms with van der Waals surface area (Å²) in [5.41, 5.74) is 2.74. The maximum absolute atomic E-state index is 13.7. The minimum absolute atomic E-state index is 0.0888. The zero-order chi connectivity index (χ0) is 25.2. The van der Waals surface area contributed by atoms with Gasteiger partial charge in [-0.05, 0) is 30.3 Å². The minimum Gasteiger partial charge on any atom is -0.367 e. The Morgan fingerprint density at radius 2 is 1.56 bits per heavy atom. The normalized spacial score (nSPS) is 13.6. The van der Waals surface area contributed by atoms with Crippen LogP contribution in [0.25, 0.3) is 16.9 Å². The van der Waals surface area contributed by atoms with Crippen molar-refractivity contribution in [3.8, 4) is 16.9 Å². The van der Waals surface area contributed by atoms with Crippen molar-refractivity contribution in [1.29, 1.82) is 0 Å². The lowest BCUT2D eigenvalue weighted by molar-refractivity contribution is -0.384. The first-order valence-electron chi connectivity index (χ1n) is 11.3. The predicted octanol–water partition coefficient (Wildman–Crippen LogP) is 5.72. The molecule has 8 nitrogen and oxygen atoms in total. The van der Waals surface area contributed by atoms with Gasteiger partial charge in [-0.1, -0.05) is 59.6 Å². The van der Waals surface area contributed by atoms with Gasteiger partial charge >= 0.3 is 0 Å². The molecule has 0 atom stereocenters. The lowest BCUT2D eigenvalue weighted by Gasteiger charge is -2.36. The number of hydrogen-bond acceptors (Lipinski definition) is 5. The quantitative estimate of drug-likeness (QED) is 0.247. The van der Waals surface area contributed by atoms with Gasteiger partial charge in [0.05, 0.1) is 32.0 Å². The number of halogens is 2. The Morgan fingerprint density at radius 3 is 2.25 bits per heavy atom. The number of piperazine rings is 1. The second kappa shape index (κ2) is 10.0. The van der Waals surface area contributed by atoms with Crippen LogP contribution in [0.5, 0.6) is 0 Å². The summed E-state index contributed by atoms with van der Waals surface area (Å²) in [6.07, 6.45) is 0. The van der Waals surface area contributed by atoms with E-state index in [1.807, 2.05) is 42.5 Å². The SMILES string of the molecule is O=C(c1cc(-c2ccccc2Cl)nn1-c1cccc([N+](=O)[O-])c1)N1CCN(c2ccccc2Cl)CC1. The smallest absolute Gasteiger partial charge is 0.272 e. The van der Waals surface area contributed by atoms with Crippen LogP contribution in [0.4, 0.5) is 11.4 Å². The highest BCUT2D eigenvalue weighted by Crippen LogP contribution is 2.30. The first-order valence-corrected chi connectivity index (χ1v) is 12.1. The molecule has 1 aromatic heterocycles. The van der Waals surface area contributed by atoms with Crippen molar-refractivity contribution in [2.75, 3.05) is 31.1 Å². The van der Waals surface area contributed by atoms with Crippen LogP contribution in [0, 0.1) is 10.1 Å². The molecule has 2 heterocycles. The van der Waals surface area contributed by atoms with E-state index in [0.717, 1.165) is 5.69 Å². The fraction of sp³-hybridized carbons (Fsp3) is 0.154. The van der Waals surface area contributed by atoms with E-state index in [9.17, 15) is 14.9 Å². The Morgan fingerprint density at radius 1 is 0.861 bits per heavy atom. The van der Waals surface area contributed by atoms with Gasteiger partial charge < -0.3 is 9.80 Å². The Kier molecular flexibility index (Phi) is 6.63. The molecule has 3 aromatic carbocycles. The van der Waals surface area contributed by atoms with Crippen molar-refractivity contribution in [1.82, 2.24) is 14.7 Å². The molecule has 0 aliphatic carbocycles. The van der Waals surface area contributed by atoms with Crippen LogP contribution in [0.1, 0.15) is 10.5 Å². The van der Waals surface area contributed by atoms with Gasteiger partial charge in [0.15, 0.2) is 0 Å². The highest BCUT2D eigenvalue weighted by atomic mass is 35.5. The van der Waals surface area contributed by atoms with E-state index in [1.54, 1.807) is 29.2 Å². The van der Waals surface area contributed by atoms with Crippen molar-refractivity contribution >= 4 is 40.5 Å². The summed E-state index contributed by atoms with van der Waals surface area (Å²) in [5, 5.41) is 17.2. The van der Waals surface area contributed by atoms with Gasteiger partial charge in [-0.3, -0.25) is 14.9 Å². The first kappa shape index (κ1) is 23.8. The zero-order valence-electron chi connectivity index (χ0n) is 19.1. The number of para-hydroxylation sites is 1. The summed E-state index contributed by atoms with van der Waals surface area (Å²) >= 11 is 12.8. The average molecular weight is 522 g/mol. The van der Waals surface area contributed by atoms with Gasteiger partial charge in [0.25, 0.3) is 11.6 Å². The largest absolute Gasteiger partial charge is 0.367 e. The molecular formula is C26H21Cl2N5O3. The molecule has 0 unspecified atom stereocenters. The molecule has 1 aliphatic rings. The summed E-state index contributed by atoms with van der Waals surface area (Å²) in [6, 6.07) is 22.6. The number of non-ortho nitro benzene ring substituents is 1. The predicted molar refractivity (Wildman–Crippen MR) is 140 cm³/mol.